The lowest BCUT2D eigenvalue weighted by Crippen LogP contribution is -2.09. The van der Waals surface area contributed by atoms with Crippen LogP contribution >= 0.6 is 22.9 Å². The molecule has 0 radical (unpaired) electrons. The quantitative estimate of drug-likeness (QED) is 0.839. The van der Waals surface area contributed by atoms with E-state index < -0.39 is 0 Å². The zero-order valence-corrected chi connectivity index (χ0v) is 10.5. The number of thiophene rings is 1. The molecule has 5 heteroatoms. The normalized spacial score (nSPS) is 17.6. The van der Waals surface area contributed by atoms with Gasteiger partial charge >= 0.3 is 0 Å². The van der Waals surface area contributed by atoms with Crippen molar-refractivity contribution < 1.29 is 0 Å². The average Bonchev–Trinajstić information content (AvgIpc) is 2.84. The van der Waals surface area contributed by atoms with E-state index in [0.29, 0.717) is 11.2 Å². The van der Waals surface area contributed by atoms with Crippen LogP contribution < -0.4 is 0 Å². The first-order valence-corrected chi connectivity index (χ1v) is 6.67. The van der Waals surface area contributed by atoms with Gasteiger partial charge in [0.1, 0.15) is 5.82 Å². The number of hydrogen-bond donors (Lipinski definition) is 0. The highest BCUT2D eigenvalue weighted by Gasteiger charge is 2.31. The van der Waals surface area contributed by atoms with Crippen LogP contribution in [0.1, 0.15) is 42.4 Å². The van der Waals surface area contributed by atoms with E-state index in [9.17, 15) is 0 Å². The zero-order chi connectivity index (χ0) is 11.1. The molecule has 2 aromatic heterocycles. The minimum absolute atomic E-state index is 0.234. The van der Waals surface area contributed by atoms with E-state index >= 15 is 0 Å². The Labute approximate surface area is 103 Å². The summed E-state index contributed by atoms with van der Waals surface area (Å²) in [6, 6.07) is 4.42. The van der Waals surface area contributed by atoms with Crippen LogP contribution in [0.4, 0.5) is 0 Å². The van der Waals surface area contributed by atoms with E-state index in [2.05, 4.69) is 39.2 Å². The first kappa shape index (κ1) is 10.3. The molecule has 0 aromatic carbocycles. The van der Waals surface area contributed by atoms with Gasteiger partial charge in [-0.25, -0.2) is 0 Å². The summed E-state index contributed by atoms with van der Waals surface area (Å²) in [6.45, 7) is 2.15. The fourth-order valence-electron chi connectivity index (χ4n) is 1.92. The first-order valence-electron chi connectivity index (χ1n) is 5.41. The summed E-state index contributed by atoms with van der Waals surface area (Å²) in [5.41, 5.74) is 0. The van der Waals surface area contributed by atoms with Crippen LogP contribution in [0.2, 0.25) is 5.28 Å². The highest BCUT2D eigenvalue weighted by Crippen LogP contribution is 2.41. The second-order valence-electron chi connectivity index (χ2n) is 4.16. The number of aromatic nitrogens is 3. The number of hydrogen-bond acceptors (Lipinski definition) is 3. The third kappa shape index (κ3) is 1.66. The molecule has 0 spiro atoms. The molecule has 84 valence electrons. The monoisotopic (exact) mass is 253 g/mol. The van der Waals surface area contributed by atoms with E-state index in [4.69, 9.17) is 11.6 Å². The van der Waals surface area contributed by atoms with Gasteiger partial charge < -0.3 is 0 Å². The molecule has 1 aliphatic carbocycles. The topological polar surface area (TPSA) is 30.7 Å². The van der Waals surface area contributed by atoms with Crippen molar-refractivity contribution in [2.24, 2.45) is 0 Å². The maximum absolute atomic E-state index is 6.12. The smallest absolute Gasteiger partial charge is 0.225 e. The highest BCUT2D eigenvalue weighted by molar-refractivity contribution is 7.10. The van der Waals surface area contributed by atoms with Crippen molar-refractivity contribution in [3.05, 3.63) is 33.5 Å². The fraction of sp³-hybridized carbons (Fsp3) is 0.455. The molecule has 1 atom stereocenters. The Balaban J connectivity index is 2.01. The molecule has 1 saturated carbocycles. The van der Waals surface area contributed by atoms with Crippen LogP contribution in [0.5, 0.6) is 0 Å². The largest absolute Gasteiger partial charge is 0.293 e. The Hall–Kier alpha value is -0.870. The summed E-state index contributed by atoms with van der Waals surface area (Å²) < 4.78 is 2.06. The van der Waals surface area contributed by atoms with Crippen LogP contribution in [0.3, 0.4) is 0 Å². The van der Waals surface area contributed by atoms with Crippen molar-refractivity contribution >= 4 is 22.9 Å². The lowest BCUT2D eigenvalue weighted by Gasteiger charge is -2.14. The van der Waals surface area contributed by atoms with Crippen LogP contribution in [-0.2, 0) is 0 Å². The molecule has 0 amide bonds. The summed E-state index contributed by atoms with van der Waals surface area (Å²) >= 11 is 7.87. The van der Waals surface area contributed by atoms with Crippen molar-refractivity contribution in [3.63, 3.8) is 0 Å². The Morgan fingerprint density at radius 1 is 1.50 bits per heavy atom. The SMILES string of the molecule is CC(c1cccs1)n1c(Cl)nnc1C1CC1. The highest BCUT2D eigenvalue weighted by atomic mass is 35.5. The van der Waals surface area contributed by atoms with Gasteiger partial charge in [-0.3, -0.25) is 4.57 Å². The molecule has 0 N–H and O–H groups in total. The van der Waals surface area contributed by atoms with Gasteiger partial charge in [0.2, 0.25) is 5.28 Å². The second kappa shape index (κ2) is 3.86. The number of rotatable bonds is 3. The van der Waals surface area contributed by atoms with Crippen molar-refractivity contribution in [2.75, 3.05) is 0 Å². The van der Waals surface area contributed by atoms with Gasteiger partial charge in [0.25, 0.3) is 0 Å². The van der Waals surface area contributed by atoms with E-state index in [1.807, 2.05) is 0 Å². The summed E-state index contributed by atoms with van der Waals surface area (Å²) in [7, 11) is 0. The van der Waals surface area contributed by atoms with Gasteiger partial charge in [0.15, 0.2) is 0 Å². The zero-order valence-electron chi connectivity index (χ0n) is 8.93. The van der Waals surface area contributed by atoms with Crippen LogP contribution in [0.25, 0.3) is 0 Å². The Morgan fingerprint density at radius 2 is 2.31 bits per heavy atom. The van der Waals surface area contributed by atoms with E-state index in [0.717, 1.165) is 5.82 Å². The summed E-state index contributed by atoms with van der Waals surface area (Å²) in [5, 5.41) is 10.8. The van der Waals surface area contributed by atoms with Crippen molar-refractivity contribution in [3.8, 4) is 0 Å². The molecule has 3 nitrogen and oxygen atoms in total. The molecule has 1 unspecified atom stereocenters. The third-order valence-electron chi connectivity index (χ3n) is 2.97. The lowest BCUT2D eigenvalue weighted by atomic mass is 10.2. The summed E-state index contributed by atoms with van der Waals surface area (Å²) in [4.78, 5) is 1.30. The van der Waals surface area contributed by atoms with Crippen LogP contribution in [-0.4, -0.2) is 14.8 Å². The standard InChI is InChI=1S/C11H12ClN3S/c1-7(9-3-2-6-16-9)15-10(8-4-5-8)13-14-11(15)12/h2-3,6-8H,4-5H2,1H3. The van der Waals surface area contributed by atoms with Crippen LogP contribution in [0.15, 0.2) is 17.5 Å². The van der Waals surface area contributed by atoms with Gasteiger partial charge in [0, 0.05) is 10.8 Å². The number of nitrogens with zero attached hydrogens (tertiary/aromatic N) is 3. The molecule has 1 fully saturated rings. The molecule has 3 rings (SSSR count). The maximum atomic E-state index is 6.12. The molecular weight excluding hydrogens is 242 g/mol. The second-order valence-corrected chi connectivity index (χ2v) is 5.48. The Bertz CT molecular complexity index is 487. The molecule has 0 saturated heterocycles. The molecule has 0 bridgehead atoms. The van der Waals surface area contributed by atoms with Gasteiger partial charge in [-0.1, -0.05) is 6.07 Å². The number of halogens is 1. The molecule has 2 aromatic rings. The minimum atomic E-state index is 0.234. The van der Waals surface area contributed by atoms with Crippen LogP contribution in [0, 0.1) is 0 Å². The Morgan fingerprint density at radius 3 is 2.94 bits per heavy atom. The predicted molar refractivity (Wildman–Crippen MR) is 65.1 cm³/mol. The lowest BCUT2D eigenvalue weighted by molar-refractivity contribution is 0.612. The molecule has 1 aliphatic rings. The summed E-state index contributed by atoms with van der Waals surface area (Å²) in [5.74, 6) is 1.62. The third-order valence-corrected chi connectivity index (χ3v) is 4.27. The molecular formula is C11H12ClN3S. The summed E-state index contributed by atoms with van der Waals surface area (Å²) in [6.07, 6.45) is 2.43. The van der Waals surface area contributed by atoms with Gasteiger partial charge in [-0.05, 0) is 42.8 Å². The van der Waals surface area contributed by atoms with E-state index in [-0.39, 0.29) is 6.04 Å². The van der Waals surface area contributed by atoms with E-state index in [1.54, 1.807) is 11.3 Å². The van der Waals surface area contributed by atoms with E-state index in [1.165, 1.54) is 17.7 Å². The average molecular weight is 254 g/mol. The van der Waals surface area contributed by atoms with Gasteiger partial charge in [-0.2, -0.15) is 0 Å². The van der Waals surface area contributed by atoms with Crippen molar-refractivity contribution in [1.82, 2.24) is 14.8 Å². The van der Waals surface area contributed by atoms with Crippen molar-refractivity contribution in [2.45, 2.75) is 31.7 Å². The van der Waals surface area contributed by atoms with Gasteiger partial charge in [-0.15, -0.1) is 21.5 Å². The first-order chi connectivity index (χ1) is 7.77. The Kier molecular flexibility index (Phi) is 2.48. The molecule has 16 heavy (non-hydrogen) atoms. The molecule has 0 aliphatic heterocycles. The predicted octanol–water partition coefficient (Wildman–Crippen LogP) is 3.48. The minimum Gasteiger partial charge on any atom is -0.293 e. The van der Waals surface area contributed by atoms with Gasteiger partial charge in [0.05, 0.1) is 6.04 Å². The molecule has 2 heterocycles. The fourth-order valence-corrected chi connectivity index (χ4v) is 2.96. The maximum Gasteiger partial charge on any atom is 0.225 e. The van der Waals surface area contributed by atoms with Crippen molar-refractivity contribution in [1.29, 1.82) is 0 Å².